The van der Waals surface area contributed by atoms with E-state index in [4.69, 9.17) is 34.8 Å². The molecule has 0 aromatic heterocycles. The molecule has 2 aromatic carbocycles. The second-order valence-corrected chi connectivity index (χ2v) is 6.89. The maximum absolute atomic E-state index is 6.24. The summed E-state index contributed by atoms with van der Waals surface area (Å²) in [6, 6.07) is 11.6. The van der Waals surface area contributed by atoms with Crippen molar-refractivity contribution in [2.45, 2.75) is 12.5 Å². The van der Waals surface area contributed by atoms with E-state index in [0.29, 0.717) is 5.02 Å². The molecule has 1 atom stereocenters. The van der Waals surface area contributed by atoms with Gasteiger partial charge in [0.2, 0.25) is 0 Å². The number of halogens is 4. The predicted molar refractivity (Wildman–Crippen MR) is 96.1 cm³/mol. The van der Waals surface area contributed by atoms with E-state index < -0.39 is 0 Å². The minimum atomic E-state index is 0.136. The summed E-state index contributed by atoms with van der Waals surface area (Å²) in [6.07, 6.45) is 0.756. The van der Waals surface area contributed by atoms with E-state index in [0.717, 1.165) is 27.6 Å². The van der Waals surface area contributed by atoms with Gasteiger partial charge >= 0.3 is 0 Å². The Bertz CT molecular complexity index is 616. The minimum Gasteiger partial charge on any atom is -0.313 e. The molecule has 0 bridgehead atoms. The van der Waals surface area contributed by atoms with Crippen molar-refractivity contribution in [1.29, 1.82) is 0 Å². The number of hydrogen-bond acceptors (Lipinski definition) is 1. The highest BCUT2D eigenvalue weighted by atomic mass is 127. The van der Waals surface area contributed by atoms with Crippen LogP contribution in [-0.4, -0.2) is 7.05 Å². The average molecular weight is 441 g/mol. The lowest BCUT2D eigenvalue weighted by molar-refractivity contribution is 0.589. The number of hydrogen-bond donors (Lipinski definition) is 1. The molecule has 1 N–H and O–H groups in total. The highest BCUT2D eigenvalue weighted by molar-refractivity contribution is 14.1. The lowest BCUT2D eigenvalue weighted by atomic mass is 9.99. The van der Waals surface area contributed by atoms with Gasteiger partial charge in [-0.05, 0) is 83.6 Å². The molecule has 0 aliphatic rings. The van der Waals surface area contributed by atoms with Crippen LogP contribution in [0.15, 0.2) is 36.4 Å². The smallest absolute Gasteiger partial charge is 0.0439 e. The maximum Gasteiger partial charge on any atom is 0.0439 e. The third kappa shape index (κ3) is 4.01. The first-order valence-corrected chi connectivity index (χ1v) is 8.28. The minimum absolute atomic E-state index is 0.136. The van der Waals surface area contributed by atoms with Gasteiger partial charge in [-0.15, -0.1) is 0 Å². The van der Waals surface area contributed by atoms with Crippen LogP contribution in [-0.2, 0) is 6.42 Å². The van der Waals surface area contributed by atoms with Gasteiger partial charge in [0.15, 0.2) is 0 Å². The van der Waals surface area contributed by atoms with Crippen LogP contribution in [0.4, 0.5) is 0 Å². The molecule has 2 aromatic rings. The van der Waals surface area contributed by atoms with Gasteiger partial charge in [0.1, 0.15) is 0 Å². The predicted octanol–water partition coefficient (Wildman–Crippen LogP) is 5.75. The molecule has 0 heterocycles. The molecule has 0 amide bonds. The van der Waals surface area contributed by atoms with Crippen molar-refractivity contribution in [2.24, 2.45) is 0 Å². The van der Waals surface area contributed by atoms with Crippen molar-refractivity contribution in [3.05, 3.63) is 66.2 Å². The van der Waals surface area contributed by atoms with Crippen molar-refractivity contribution >= 4 is 57.4 Å². The number of rotatable bonds is 4. The van der Waals surface area contributed by atoms with E-state index in [1.165, 1.54) is 3.57 Å². The molecule has 106 valence electrons. The third-order valence-corrected chi connectivity index (χ3v) is 4.94. The summed E-state index contributed by atoms with van der Waals surface area (Å²) in [7, 11) is 1.93. The Hall–Kier alpha value is -0.000000000000000111. The zero-order valence-electron chi connectivity index (χ0n) is 10.8. The normalized spacial score (nSPS) is 12.4. The second kappa shape index (κ2) is 7.32. The number of likely N-dealkylation sites (N-methyl/N-ethyl adjacent to an activating group) is 1. The summed E-state index contributed by atoms with van der Waals surface area (Å²) in [5, 5.41) is 5.47. The maximum atomic E-state index is 6.24. The van der Waals surface area contributed by atoms with Crippen LogP contribution >= 0.6 is 57.4 Å². The molecule has 0 saturated carbocycles. The van der Waals surface area contributed by atoms with Crippen LogP contribution in [0.3, 0.4) is 0 Å². The molecule has 0 aliphatic heterocycles. The molecule has 0 radical (unpaired) electrons. The Morgan fingerprint density at radius 3 is 2.40 bits per heavy atom. The van der Waals surface area contributed by atoms with Gasteiger partial charge in [-0.25, -0.2) is 0 Å². The van der Waals surface area contributed by atoms with Crippen LogP contribution in [0.5, 0.6) is 0 Å². The summed E-state index contributed by atoms with van der Waals surface area (Å²) in [4.78, 5) is 0. The summed E-state index contributed by atoms with van der Waals surface area (Å²) in [5.74, 6) is 0. The standard InChI is InChI=1S/C15H13Cl3IN/c1-20-15(12-8-11(17)3-5-14(12)19)7-9-6-10(16)2-4-13(9)18/h2-6,8,15,20H,7H2,1H3. The Morgan fingerprint density at radius 1 is 1.05 bits per heavy atom. The molecule has 2 rings (SSSR count). The van der Waals surface area contributed by atoms with E-state index in [9.17, 15) is 0 Å². The molecular formula is C15H13Cl3IN. The van der Waals surface area contributed by atoms with Crippen molar-refractivity contribution in [2.75, 3.05) is 7.05 Å². The van der Waals surface area contributed by atoms with Crippen molar-refractivity contribution in [1.82, 2.24) is 5.32 Å². The van der Waals surface area contributed by atoms with Gasteiger partial charge in [0.25, 0.3) is 0 Å². The fourth-order valence-electron chi connectivity index (χ4n) is 2.07. The molecular weight excluding hydrogens is 427 g/mol. The first kappa shape index (κ1) is 16.4. The summed E-state index contributed by atoms with van der Waals surface area (Å²) in [6.45, 7) is 0. The van der Waals surface area contributed by atoms with Gasteiger partial charge in [0, 0.05) is 24.7 Å². The Kier molecular flexibility index (Phi) is 5.99. The van der Waals surface area contributed by atoms with Gasteiger partial charge in [-0.2, -0.15) is 0 Å². The van der Waals surface area contributed by atoms with Gasteiger partial charge in [-0.3, -0.25) is 0 Å². The summed E-state index contributed by atoms with van der Waals surface area (Å²) >= 11 is 20.7. The zero-order valence-corrected chi connectivity index (χ0v) is 15.2. The lowest BCUT2D eigenvalue weighted by Crippen LogP contribution is -2.20. The van der Waals surface area contributed by atoms with Crippen molar-refractivity contribution in [3.63, 3.8) is 0 Å². The van der Waals surface area contributed by atoms with E-state index >= 15 is 0 Å². The molecule has 0 fully saturated rings. The second-order valence-electron chi connectivity index (χ2n) is 4.45. The largest absolute Gasteiger partial charge is 0.313 e. The van der Waals surface area contributed by atoms with E-state index in [2.05, 4.69) is 27.9 Å². The van der Waals surface area contributed by atoms with Crippen LogP contribution in [0.25, 0.3) is 0 Å². The van der Waals surface area contributed by atoms with Crippen LogP contribution in [0.2, 0.25) is 15.1 Å². The molecule has 0 spiro atoms. The monoisotopic (exact) mass is 439 g/mol. The van der Waals surface area contributed by atoms with E-state index in [-0.39, 0.29) is 6.04 Å². The average Bonchev–Trinajstić information content (AvgIpc) is 2.42. The Morgan fingerprint density at radius 2 is 1.70 bits per heavy atom. The Balaban J connectivity index is 2.33. The highest BCUT2D eigenvalue weighted by Gasteiger charge is 2.15. The molecule has 20 heavy (non-hydrogen) atoms. The van der Waals surface area contributed by atoms with Gasteiger partial charge < -0.3 is 5.32 Å². The van der Waals surface area contributed by atoms with Crippen molar-refractivity contribution < 1.29 is 0 Å². The topological polar surface area (TPSA) is 12.0 Å². The molecule has 5 heteroatoms. The zero-order chi connectivity index (χ0) is 14.7. The quantitative estimate of drug-likeness (QED) is 0.597. The summed E-state index contributed by atoms with van der Waals surface area (Å²) in [5.41, 5.74) is 2.19. The molecule has 0 aliphatic carbocycles. The van der Waals surface area contributed by atoms with Crippen LogP contribution < -0.4 is 5.32 Å². The van der Waals surface area contributed by atoms with E-state index in [1.54, 1.807) is 6.07 Å². The fourth-order valence-corrected chi connectivity index (χ4v) is 3.35. The van der Waals surface area contributed by atoms with Gasteiger partial charge in [0.05, 0.1) is 0 Å². The summed E-state index contributed by atoms with van der Waals surface area (Å²) < 4.78 is 1.17. The van der Waals surface area contributed by atoms with Gasteiger partial charge in [-0.1, -0.05) is 34.8 Å². The van der Waals surface area contributed by atoms with Crippen molar-refractivity contribution in [3.8, 4) is 0 Å². The fraction of sp³-hybridized carbons (Fsp3) is 0.200. The number of nitrogens with one attached hydrogen (secondary N) is 1. The molecule has 0 saturated heterocycles. The first-order valence-electron chi connectivity index (χ1n) is 6.07. The Labute approximate surface area is 147 Å². The van der Waals surface area contributed by atoms with Crippen LogP contribution in [0, 0.1) is 3.57 Å². The first-order chi connectivity index (χ1) is 9.51. The number of benzene rings is 2. The SMILES string of the molecule is CNC(Cc1cc(Cl)ccc1Cl)c1cc(Cl)ccc1I. The van der Waals surface area contributed by atoms with E-state index in [1.807, 2.05) is 37.4 Å². The lowest BCUT2D eigenvalue weighted by Gasteiger charge is -2.19. The molecule has 1 unspecified atom stereocenters. The highest BCUT2D eigenvalue weighted by Crippen LogP contribution is 2.29. The van der Waals surface area contributed by atoms with Crippen LogP contribution in [0.1, 0.15) is 17.2 Å². The third-order valence-electron chi connectivity index (χ3n) is 3.11. The molecule has 1 nitrogen and oxygen atoms in total.